The second kappa shape index (κ2) is 11.2. The number of rotatable bonds is 7. The van der Waals surface area contributed by atoms with E-state index in [-0.39, 0.29) is 23.8 Å². The standard InChI is InChI=1S/C24H32BrN5O4/c1-13(2)21(31)23(33)27-15(4)24(34)30-11-5-6-19(29-30)22(32)26-14(3)18-10-8-16-7-9-17(25)12-20(16)28-18/h7-10,12-15,19,21,29,31H,5-6,11H2,1-4H3,(H,26,32)(H,27,33)/t14-,15?,19?,21?/m1/s1. The highest BCUT2D eigenvalue weighted by Gasteiger charge is 2.32. The number of benzene rings is 1. The molecule has 2 aromatic rings. The van der Waals surface area contributed by atoms with Crippen LogP contribution in [0.2, 0.25) is 0 Å². The normalized spacial score (nSPS) is 18.9. The summed E-state index contributed by atoms with van der Waals surface area (Å²) in [4.78, 5) is 42.5. The summed E-state index contributed by atoms with van der Waals surface area (Å²) in [5, 5.41) is 17.8. The first-order chi connectivity index (χ1) is 16.1. The van der Waals surface area contributed by atoms with Gasteiger partial charge in [0.2, 0.25) is 11.8 Å². The lowest BCUT2D eigenvalue weighted by Gasteiger charge is -2.35. The number of hydrazine groups is 1. The van der Waals surface area contributed by atoms with E-state index in [2.05, 4.69) is 37.0 Å². The maximum Gasteiger partial charge on any atom is 0.258 e. The Morgan fingerprint density at radius 1 is 1.15 bits per heavy atom. The third-order valence-corrected chi connectivity index (χ3v) is 6.37. The molecule has 4 atom stereocenters. The maximum atomic E-state index is 12.9. The van der Waals surface area contributed by atoms with Gasteiger partial charge in [-0.2, -0.15) is 0 Å². The highest BCUT2D eigenvalue weighted by molar-refractivity contribution is 9.10. The lowest BCUT2D eigenvalue weighted by atomic mass is 10.1. The number of nitrogens with zero attached hydrogens (tertiary/aromatic N) is 2. The Balaban J connectivity index is 1.59. The molecule has 1 aliphatic rings. The molecular formula is C24H32BrN5O4. The second-order valence-corrected chi connectivity index (χ2v) is 9.95. The molecule has 3 amide bonds. The molecule has 4 N–H and O–H groups in total. The molecule has 0 aliphatic carbocycles. The SMILES string of the molecule is CC(NC(=O)C(O)C(C)C)C(=O)N1CCCC(C(=O)N[C@H](C)c2ccc3ccc(Br)cc3n2)N1. The molecule has 10 heteroatoms. The molecule has 0 bridgehead atoms. The number of nitrogens with one attached hydrogen (secondary N) is 3. The van der Waals surface area contributed by atoms with Gasteiger partial charge < -0.3 is 15.7 Å². The molecule has 1 saturated heterocycles. The van der Waals surface area contributed by atoms with Gasteiger partial charge in [0.1, 0.15) is 18.2 Å². The van der Waals surface area contributed by atoms with Crippen LogP contribution < -0.4 is 16.1 Å². The zero-order chi connectivity index (χ0) is 25.0. The molecule has 3 rings (SSSR count). The van der Waals surface area contributed by atoms with E-state index in [1.165, 1.54) is 5.01 Å². The van der Waals surface area contributed by atoms with Crippen molar-refractivity contribution in [1.82, 2.24) is 26.1 Å². The Hall–Kier alpha value is -2.56. The summed E-state index contributed by atoms with van der Waals surface area (Å²) in [6.07, 6.45) is 0.0325. The molecule has 9 nitrogen and oxygen atoms in total. The van der Waals surface area contributed by atoms with Crippen LogP contribution in [0.1, 0.15) is 52.3 Å². The summed E-state index contributed by atoms with van der Waals surface area (Å²) < 4.78 is 0.932. The summed E-state index contributed by atoms with van der Waals surface area (Å²) >= 11 is 3.45. The molecule has 1 aliphatic heterocycles. The van der Waals surface area contributed by atoms with Gasteiger partial charge in [0, 0.05) is 16.4 Å². The molecule has 1 aromatic heterocycles. The lowest BCUT2D eigenvalue weighted by Crippen LogP contribution is -2.61. The zero-order valence-electron chi connectivity index (χ0n) is 19.8. The quantitative estimate of drug-likeness (QED) is 0.432. The average Bonchev–Trinajstić information content (AvgIpc) is 2.82. The molecule has 184 valence electrons. The topological polar surface area (TPSA) is 124 Å². The minimum atomic E-state index is -1.19. The van der Waals surface area contributed by atoms with Crippen molar-refractivity contribution in [2.45, 2.75) is 64.8 Å². The molecule has 0 spiro atoms. The van der Waals surface area contributed by atoms with Crippen molar-refractivity contribution in [1.29, 1.82) is 0 Å². The number of fused-ring (bicyclic) bond motifs is 1. The van der Waals surface area contributed by atoms with Crippen molar-refractivity contribution in [3.05, 3.63) is 40.5 Å². The Morgan fingerprint density at radius 3 is 2.56 bits per heavy atom. The average molecular weight is 534 g/mol. The summed E-state index contributed by atoms with van der Waals surface area (Å²) in [7, 11) is 0. The van der Waals surface area contributed by atoms with Crippen LogP contribution >= 0.6 is 15.9 Å². The third kappa shape index (κ3) is 6.31. The highest BCUT2D eigenvalue weighted by Crippen LogP contribution is 2.21. The first kappa shape index (κ1) is 26.1. The monoisotopic (exact) mass is 533 g/mol. The van der Waals surface area contributed by atoms with E-state index in [1.54, 1.807) is 20.8 Å². The Kier molecular flexibility index (Phi) is 8.62. The van der Waals surface area contributed by atoms with Crippen LogP contribution in [-0.4, -0.2) is 57.6 Å². The van der Waals surface area contributed by atoms with Gasteiger partial charge in [-0.15, -0.1) is 0 Å². The summed E-state index contributed by atoms with van der Waals surface area (Å²) in [5.74, 6) is -1.44. The van der Waals surface area contributed by atoms with E-state index in [4.69, 9.17) is 0 Å². The highest BCUT2D eigenvalue weighted by atomic mass is 79.9. The van der Waals surface area contributed by atoms with Gasteiger partial charge in [0.15, 0.2) is 0 Å². The largest absolute Gasteiger partial charge is 0.383 e. The molecule has 3 unspecified atom stereocenters. The number of hydrogen-bond acceptors (Lipinski definition) is 6. The molecule has 2 heterocycles. The number of halogens is 1. The molecular weight excluding hydrogens is 502 g/mol. The number of amides is 3. The van der Waals surface area contributed by atoms with Crippen LogP contribution in [0.5, 0.6) is 0 Å². The smallest absolute Gasteiger partial charge is 0.258 e. The fourth-order valence-corrected chi connectivity index (χ4v) is 4.12. The predicted molar refractivity (Wildman–Crippen MR) is 132 cm³/mol. The van der Waals surface area contributed by atoms with Gasteiger partial charge >= 0.3 is 0 Å². The minimum Gasteiger partial charge on any atom is -0.383 e. The number of aliphatic hydroxyl groups is 1. The van der Waals surface area contributed by atoms with Gasteiger partial charge in [0.25, 0.3) is 5.91 Å². The lowest BCUT2D eigenvalue weighted by molar-refractivity contribution is -0.144. The first-order valence-corrected chi connectivity index (χ1v) is 12.3. The van der Waals surface area contributed by atoms with Gasteiger partial charge in [-0.25, -0.2) is 5.43 Å². The Bertz CT molecular complexity index is 1060. The number of aliphatic hydroxyl groups excluding tert-OH is 1. The van der Waals surface area contributed by atoms with Crippen molar-refractivity contribution in [3.63, 3.8) is 0 Å². The number of aromatic nitrogens is 1. The van der Waals surface area contributed by atoms with E-state index >= 15 is 0 Å². The van der Waals surface area contributed by atoms with E-state index in [9.17, 15) is 19.5 Å². The predicted octanol–water partition coefficient (Wildman–Crippen LogP) is 2.19. The molecule has 1 fully saturated rings. The van der Waals surface area contributed by atoms with Crippen molar-refractivity contribution in [2.24, 2.45) is 5.92 Å². The number of hydrogen-bond donors (Lipinski definition) is 4. The third-order valence-electron chi connectivity index (χ3n) is 5.88. The number of carbonyl (C=O) groups is 3. The summed E-state index contributed by atoms with van der Waals surface area (Å²) in [5.41, 5.74) is 4.56. The van der Waals surface area contributed by atoms with Crippen LogP contribution in [0.3, 0.4) is 0 Å². The van der Waals surface area contributed by atoms with Crippen molar-refractivity contribution < 1.29 is 19.5 Å². The van der Waals surface area contributed by atoms with E-state index in [0.717, 1.165) is 21.1 Å². The maximum absolute atomic E-state index is 12.9. The van der Waals surface area contributed by atoms with Gasteiger partial charge in [-0.3, -0.25) is 24.4 Å². The van der Waals surface area contributed by atoms with Gasteiger partial charge in [-0.1, -0.05) is 41.9 Å². The van der Waals surface area contributed by atoms with E-state index < -0.39 is 24.1 Å². The molecule has 34 heavy (non-hydrogen) atoms. The van der Waals surface area contributed by atoms with Crippen LogP contribution in [0.25, 0.3) is 10.9 Å². The second-order valence-electron chi connectivity index (χ2n) is 9.04. The molecule has 1 aromatic carbocycles. The number of pyridine rings is 1. The summed E-state index contributed by atoms with van der Waals surface area (Å²) in [6.45, 7) is 7.29. The minimum absolute atomic E-state index is 0.229. The van der Waals surface area contributed by atoms with Crippen LogP contribution in [-0.2, 0) is 14.4 Å². The fourth-order valence-electron chi connectivity index (χ4n) is 3.77. The Morgan fingerprint density at radius 2 is 1.85 bits per heavy atom. The van der Waals surface area contributed by atoms with Crippen LogP contribution in [0.4, 0.5) is 0 Å². The van der Waals surface area contributed by atoms with Crippen LogP contribution in [0, 0.1) is 5.92 Å². The van der Waals surface area contributed by atoms with Gasteiger partial charge in [-0.05, 0) is 50.8 Å². The molecule has 0 radical (unpaired) electrons. The molecule has 0 saturated carbocycles. The van der Waals surface area contributed by atoms with Crippen LogP contribution in [0.15, 0.2) is 34.8 Å². The first-order valence-electron chi connectivity index (χ1n) is 11.5. The number of carbonyl (C=O) groups excluding carboxylic acids is 3. The summed E-state index contributed by atoms with van der Waals surface area (Å²) in [6, 6.07) is 7.98. The Labute approximate surface area is 207 Å². The fraction of sp³-hybridized carbons (Fsp3) is 0.500. The van der Waals surface area contributed by atoms with Crippen molar-refractivity contribution in [3.8, 4) is 0 Å². The van der Waals surface area contributed by atoms with Crippen molar-refractivity contribution in [2.75, 3.05) is 6.54 Å². The van der Waals surface area contributed by atoms with Gasteiger partial charge in [0.05, 0.1) is 17.3 Å². The van der Waals surface area contributed by atoms with E-state index in [0.29, 0.717) is 19.4 Å². The van der Waals surface area contributed by atoms with E-state index in [1.807, 2.05) is 37.3 Å². The van der Waals surface area contributed by atoms with Crippen molar-refractivity contribution >= 4 is 44.6 Å². The zero-order valence-corrected chi connectivity index (χ0v) is 21.4.